The van der Waals surface area contributed by atoms with Gasteiger partial charge in [0, 0.05) is 17.6 Å². The highest BCUT2D eigenvalue weighted by Crippen LogP contribution is 2.12. The molecule has 0 fully saturated rings. The first kappa shape index (κ1) is 15.4. The van der Waals surface area contributed by atoms with Crippen molar-refractivity contribution in [3.63, 3.8) is 0 Å². The summed E-state index contributed by atoms with van der Waals surface area (Å²) in [5.74, 6) is -0.651. The first-order valence-corrected chi connectivity index (χ1v) is 6.66. The number of esters is 1. The van der Waals surface area contributed by atoms with Crippen LogP contribution in [0, 0.1) is 0 Å². The van der Waals surface area contributed by atoms with Gasteiger partial charge in [0.05, 0.1) is 6.61 Å². The summed E-state index contributed by atoms with van der Waals surface area (Å²) in [4.78, 5) is 24.3. The Bertz CT molecular complexity index is 485. The molecule has 0 N–H and O–H groups in total. The average molecular weight is 326 g/mol. The Kier molecular flexibility index (Phi) is 6.29. The maximum atomic E-state index is 11.8. The van der Waals surface area contributed by atoms with Crippen LogP contribution in [0.25, 0.3) is 6.08 Å². The zero-order chi connectivity index (χ0) is 14.3. The number of ether oxygens (including phenoxy) is 1. The van der Waals surface area contributed by atoms with E-state index in [1.54, 1.807) is 20.0 Å². The van der Waals surface area contributed by atoms with Crippen molar-refractivity contribution in [1.82, 2.24) is 4.90 Å². The largest absolute Gasteiger partial charge is 0.465 e. The number of carbonyl (C=O) groups excluding carboxylic acids is 2. The van der Waals surface area contributed by atoms with E-state index in [2.05, 4.69) is 15.9 Å². The maximum Gasteiger partial charge on any atom is 0.325 e. The van der Waals surface area contributed by atoms with Crippen LogP contribution in [0.3, 0.4) is 0 Å². The quantitative estimate of drug-likeness (QED) is 0.617. The predicted octanol–water partition coefficient (Wildman–Crippen LogP) is 2.48. The van der Waals surface area contributed by atoms with Gasteiger partial charge in [-0.15, -0.1) is 0 Å². The van der Waals surface area contributed by atoms with Gasteiger partial charge in [-0.2, -0.15) is 0 Å². The van der Waals surface area contributed by atoms with Crippen molar-refractivity contribution in [2.24, 2.45) is 0 Å². The van der Waals surface area contributed by atoms with Crippen LogP contribution in [0.1, 0.15) is 12.5 Å². The van der Waals surface area contributed by atoms with Crippen LogP contribution in [0.5, 0.6) is 0 Å². The van der Waals surface area contributed by atoms with Gasteiger partial charge in [0.15, 0.2) is 0 Å². The summed E-state index contributed by atoms with van der Waals surface area (Å²) in [7, 11) is 1.56. The molecule has 1 aromatic carbocycles. The second-order valence-electron chi connectivity index (χ2n) is 3.89. The van der Waals surface area contributed by atoms with Crippen LogP contribution >= 0.6 is 15.9 Å². The third-order valence-electron chi connectivity index (χ3n) is 2.31. The molecule has 1 rings (SSSR count). The van der Waals surface area contributed by atoms with Gasteiger partial charge in [-0.1, -0.05) is 28.1 Å². The summed E-state index contributed by atoms with van der Waals surface area (Å²) in [6.07, 6.45) is 3.13. The van der Waals surface area contributed by atoms with Crippen molar-refractivity contribution in [1.29, 1.82) is 0 Å². The van der Waals surface area contributed by atoms with Crippen LogP contribution in [0.2, 0.25) is 0 Å². The maximum absolute atomic E-state index is 11.8. The Labute approximate surface area is 121 Å². The number of carbonyl (C=O) groups is 2. The van der Waals surface area contributed by atoms with E-state index in [1.165, 1.54) is 11.0 Å². The van der Waals surface area contributed by atoms with Crippen LogP contribution in [-0.4, -0.2) is 37.0 Å². The van der Waals surface area contributed by atoms with Gasteiger partial charge in [-0.3, -0.25) is 9.59 Å². The summed E-state index contributed by atoms with van der Waals surface area (Å²) in [6, 6.07) is 7.58. The number of likely N-dealkylation sites (N-methyl/N-ethyl adjacent to an activating group) is 1. The summed E-state index contributed by atoms with van der Waals surface area (Å²) < 4.78 is 5.72. The van der Waals surface area contributed by atoms with Crippen molar-refractivity contribution in [2.75, 3.05) is 20.2 Å². The second-order valence-corrected chi connectivity index (χ2v) is 4.80. The van der Waals surface area contributed by atoms with Gasteiger partial charge in [0.2, 0.25) is 5.91 Å². The first-order valence-electron chi connectivity index (χ1n) is 5.87. The molecule has 1 aromatic rings. The molecule has 0 spiro atoms. The highest BCUT2D eigenvalue weighted by atomic mass is 79.9. The zero-order valence-corrected chi connectivity index (χ0v) is 12.5. The Morgan fingerprint density at radius 3 is 2.79 bits per heavy atom. The van der Waals surface area contributed by atoms with E-state index in [4.69, 9.17) is 4.74 Å². The Balaban J connectivity index is 2.56. The van der Waals surface area contributed by atoms with Gasteiger partial charge < -0.3 is 9.64 Å². The molecule has 19 heavy (non-hydrogen) atoms. The van der Waals surface area contributed by atoms with Crippen molar-refractivity contribution < 1.29 is 14.3 Å². The molecule has 0 aliphatic rings. The van der Waals surface area contributed by atoms with E-state index >= 15 is 0 Å². The topological polar surface area (TPSA) is 46.6 Å². The number of nitrogens with zero attached hydrogens (tertiary/aromatic N) is 1. The normalized spacial score (nSPS) is 10.5. The van der Waals surface area contributed by atoms with Gasteiger partial charge in [0.1, 0.15) is 6.54 Å². The summed E-state index contributed by atoms with van der Waals surface area (Å²) in [6.45, 7) is 2.00. The monoisotopic (exact) mass is 325 g/mol. The molecule has 0 unspecified atom stereocenters. The third-order valence-corrected chi connectivity index (χ3v) is 2.81. The van der Waals surface area contributed by atoms with Crippen molar-refractivity contribution >= 4 is 33.9 Å². The molecule has 0 aliphatic carbocycles. The Morgan fingerprint density at radius 1 is 1.42 bits per heavy atom. The second kappa shape index (κ2) is 7.74. The lowest BCUT2D eigenvalue weighted by atomic mass is 10.2. The summed E-state index contributed by atoms with van der Waals surface area (Å²) >= 11 is 3.36. The molecule has 0 saturated heterocycles. The lowest BCUT2D eigenvalue weighted by molar-refractivity contribution is -0.146. The summed E-state index contributed by atoms with van der Waals surface area (Å²) in [5, 5.41) is 0. The lowest BCUT2D eigenvalue weighted by Gasteiger charge is -2.13. The van der Waals surface area contributed by atoms with Crippen LogP contribution in [0.4, 0.5) is 0 Å². The molecule has 0 aliphatic heterocycles. The number of benzene rings is 1. The van der Waals surface area contributed by atoms with Crippen molar-refractivity contribution in [2.45, 2.75) is 6.92 Å². The van der Waals surface area contributed by atoms with Crippen molar-refractivity contribution in [3.8, 4) is 0 Å². The smallest absolute Gasteiger partial charge is 0.325 e. The molecule has 0 aromatic heterocycles. The average Bonchev–Trinajstić information content (AvgIpc) is 2.36. The fourth-order valence-electron chi connectivity index (χ4n) is 1.38. The van der Waals surface area contributed by atoms with Gasteiger partial charge in [-0.25, -0.2) is 0 Å². The lowest BCUT2D eigenvalue weighted by Crippen LogP contribution is -2.31. The molecule has 4 nitrogen and oxygen atoms in total. The molecular formula is C14H16BrNO3. The fourth-order valence-corrected chi connectivity index (χ4v) is 1.80. The number of hydrogen-bond donors (Lipinski definition) is 0. The molecular weight excluding hydrogens is 310 g/mol. The van der Waals surface area contributed by atoms with E-state index in [9.17, 15) is 9.59 Å². The van der Waals surface area contributed by atoms with E-state index in [0.29, 0.717) is 6.61 Å². The number of amides is 1. The molecule has 0 heterocycles. The van der Waals surface area contributed by atoms with Crippen LogP contribution in [0.15, 0.2) is 34.8 Å². The Morgan fingerprint density at radius 2 is 2.16 bits per heavy atom. The standard InChI is InChI=1S/C14H16BrNO3/c1-3-19-14(18)10-16(2)13(17)8-7-11-5-4-6-12(15)9-11/h4-9H,3,10H2,1-2H3. The van der Waals surface area contributed by atoms with Crippen LogP contribution in [-0.2, 0) is 14.3 Å². The van der Waals surface area contributed by atoms with E-state index < -0.39 is 5.97 Å². The fraction of sp³-hybridized carbons (Fsp3) is 0.286. The highest BCUT2D eigenvalue weighted by molar-refractivity contribution is 9.10. The number of rotatable bonds is 5. The minimum absolute atomic E-state index is 0.0461. The SMILES string of the molecule is CCOC(=O)CN(C)C(=O)C=Cc1cccc(Br)c1. The van der Waals surface area contributed by atoms with Gasteiger partial charge in [-0.05, 0) is 30.7 Å². The predicted molar refractivity (Wildman–Crippen MR) is 77.4 cm³/mol. The van der Waals surface area contributed by atoms with E-state index in [0.717, 1.165) is 10.0 Å². The van der Waals surface area contributed by atoms with Crippen molar-refractivity contribution in [3.05, 3.63) is 40.4 Å². The Hall–Kier alpha value is -1.62. The third kappa shape index (κ3) is 5.70. The highest BCUT2D eigenvalue weighted by Gasteiger charge is 2.10. The molecule has 0 bridgehead atoms. The zero-order valence-electron chi connectivity index (χ0n) is 10.9. The number of halogens is 1. The minimum atomic E-state index is -0.408. The minimum Gasteiger partial charge on any atom is -0.465 e. The van der Waals surface area contributed by atoms with Gasteiger partial charge >= 0.3 is 5.97 Å². The molecule has 1 amide bonds. The molecule has 5 heteroatoms. The molecule has 0 radical (unpaired) electrons. The van der Waals surface area contributed by atoms with Gasteiger partial charge in [0.25, 0.3) is 0 Å². The van der Waals surface area contributed by atoms with E-state index in [1.807, 2.05) is 24.3 Å². The summed E-state index contributed by atoms with van der Waals surface area (Å²) in [5.41, 5.74) is 0.909. The van der Waals surface area contributed by atoms with E-state index in [-0.39, 0.29) is 12.5 Å². The molecule has 102 valence electrons. The number of hydrogen-bond acceptors (Lipinski definition) is 3. The first-order chi connectivity index (χ1) is 9.02. The molecule has 0 saturated carbocycles. The molecule has 0 atom stereocenters. The van der Waals surface area contributed by atoms with Crippen LogP contribution < -0.4 is 0 Å².